The second-order valence-corrected chi connectivity index (χ2v) is 3.38. The maximum absolute atomic E-state index is 10.8. The minimum Gasteiger partial charge on any atom is -0.456 e. The Hall–Kier alpha value is -1.14. The number of aliphatic hydroxyl groups is 1. The van der Waals surface area contributed by atoms with Crippen LogP contribution in [0.5, 0.6) is 0 Å². The molecular formula is C9H14O6. The highest BCUT2D eigenvalue weighted by molar-refractivity contribution is 5.67. The third-order valence-corrected chi connectivity index (χ3v) is 2.03. The SMILES string of the molecule is CC(=O)O[C@@H]1[C@H](OC(C)=O)[C@@H](C)O[C@H]1O. The lowest BCUT2D eigenvalue weighted by molar-refractivity contribution is -0.174. The molecule has 0 aromatic carbocycles. The summed E-state index contributed by atoms with van der Waals surface area (Å²) in [5, 5.41) is 9.40. The molecule has 0 aliphatic carbocycles. The zero-order valence-electron chi connectivity index (χ0n) is 8.80. The van der Waals surface area contributed by atoms with Gasteiger partial charge in [0, 0.05) is 13.8 Å². The lowest BCUT2D eigenvalue weighted by Gasteiger charge is -2.20. The van der Waals surface area contributed by atoms with E-state index in [4.69, 9.17) is 14.2 Å². The van der Waals surface area contributed by atoms with Gasteiger partial charge in [0.2, 0.25) is 0 Å². The van der Waals surface area contributed by atoms with Crippen LogP contribution in [0.4, 0.5) is 0 Å². The van der Waals surface area contributed by atoms with Gasteiger partial charge in [-0.2, -0.15) is 0 Å². The maximum atomic E-state index is 10.8. The summed E-state index contributed by atoms with van der Waals surface area (Å²) < 4.78 is 14.7. The summed E-state index contributed by atoms with van der Waals surface area (Å²) in [5.41, 5.74) is 0. The highest BCUT2D eigenvalue weighted by Gasteiger charge is 2.46. The number of carbonyl (C=O) groups excluding carboxylic acids is 2. The van der Waals surface area contributed by atoms with E-state index in [0.717, 1.165) is 0 Å². The van der Waals surface area contributed by atoms with Crippen LogP contribution in [0.15, 0.2) is 0 Å². The van der Waals surface area contributed by atoms with Gasteiger partial charge in [-0.15, -0.1) is 0 Å². The van der Waals surface area contributed by atoms with Crippen molar-refractivity contribution in [2.75, 3.05) is 0 Å². The van der Waals surface area contributed by atoms with E-state index < -0.39 is 36.5 Å². The Morgan fingerprint density at radius 3 is 2.07 bits per heavy atom. The number of ether oxygens (including phenoxy) is 3. The molecule has 6 heteroatoms. The van der Waals surface area contributed by atoms with Gasteiger partial charge < -0.3 is 19.3 Å². The van der Waals surface area contributed by atoms with E-state index in [2.05, 4.69) is 0 Å². The first-order chi connectivity index (χ1) is 6.91. The number of hydrogen-bond acceptors (Lipinski definition) is 6. The molecule has 0 aromatic rings. The van der Waals surface area contributed by atoms with E-state index in [1.54, 1.807) is 6.92 Å². The quantitative estimate of drug-likeness (QED) is 0.634. The molecular weight excluding hydrogens is 204 g/mol. The Kier molecular flexibility index (Phi) is 3.65. The second kappa shape index (κ2) is 4.59. The van der Waals surface area contributed by atoms with Gasteiger partial charge in [-0.25, -0.2) is 0 Å². The fraction of sp³-hybridized carbons (Fsp3) is 0.778. The molecule has 1 rings (SSSR count). The van der Waals surface area contributed by atoms with E-state index in [-0.39, 0.29) is 0 Å². The number of esters is 2. The normalized spacial score (nSPS) is 34.9. The van der Waals surface area contributed by atoms with Gasteiger partial charge in [-0.3, -0.25) is 9.59 Å². The molecule has 1 saturated heterocycles. The van der Waals surface area contributed by atoms with Crippen molar-refractivity contribution in [1.29, 1.82) is 0 Å². The molecule has 0 unspecified atom stereocenters. The van der Waals surface area contributed by atoms with Gasteiger partial charge >= 0.3 is 11.9 Å². The van der Waals surface area contributed by atoms with Crippen molar-refractivity contribution >= 4 is 11.9 Å². The van der Waals surface area contributed by atoms with E-state index >= 15 is 0 Å². The minimum absolute atomic E-state index is 0.506. The standard InChI is InChI=1S/C9H14O6/c1-4-7(14-5(2)10)8(9(12)13-4)15-6(3)11/h4,7-9,12H,1-3H3/t4-,7-,8-,9-/m1/s1. The smallest absolute Gasteiger partial charge is 0.303 e. The number of rotatable bonds is 2. The molecule has 15 heavy (non-hydrogen) atoms. The van der Waals surface area contributed by atoms with Crippen molar-refractivity contribution < 1.29 is 28.9 Å². The molecule has 0 radical (unpaired) electrons. The van der Waals surface area contributed by atoms with Crippen LogP contribution in [0.1, 0.15) is 20.8 Å². The molecule has 0 bridgehead atoms. The van der Waals surface area contributed by atoms with E-state index in [1.165, 1.54) is 13.8 Å². The molecule has 1 fully saturated rings. The first-order valence-electron chi connectivity index (χ1n) is 4.59. The van der Waals surface area contributed by atoms with Gasteiger partial charge in [0.15, 0.2) is 18.5 Å². The molecule has 1 heterocycles. The third kappa shape index (κ3) is 2.90. The van der Waals surface area contributed by atoms with Crippen molar-refractivity contribution in [3.8, 4) is 0 Å². The van der Waals surface area contributed by atoms with Crippen LogP contribution in [-0.4, -0.2) is 41.6 Å². The monoisotopic (exact) mass is 218 g/mol. The molecule has 0 aromatic heterocycles. The van der Waals surface area contributed by atoms with Crippen molar-refractivity contribution in [3.05, 3.63) is 0 Å². The zero-order chi connectivity index (χ0) is 11.6. The van der Waals surface area contributed by atoms with Gasteiger partial charge in [0.05, 0.1) is 6.10 Å². The predicted octanol–water partition coefficient (Wildman–Crippen LogP) is -0.413. The summed E-state index contributed by atoms with van der Waals surface area (Å²) in [7, 11) is 0. The first kappa shape index (κ1) is 11.9. The predicted molar refractivity (Wildman–Crippen MR) is 47.7 cm³/mol. The average molecular weight is 218 g/mol. The molecule has 0 saturated carbocycles. The number of hydrogen-bond donors (Lipinski definition) is 1. The van der Waals surface area contributed by atoms with E-state index in [9.17, 15) is 14.7 Å². The molecule has 0 amide bonds. The molecule has 1 aliphatic rings. The molecule has 86 valence electrons. The minimum atomic E-state index is -1.26. The lowest BCUT2D eigenvalue weighted by Crippen LogP contribution is -2.39. The lowest BCUT2D eigenvalue weighted by atomic mass is 10.1. The zero-order valence-corrected chi connectivity index (χ0v) is 8.80. The van der Waals surface area contributed by atoms with Crippen LogP contribution in [0, 0.1) is 0 Å². The summed E-state index contributed by atoms with van der Waals surface area (Å²) in [6.45, 7) is 4.07. The highest BCUT2D eigenvalue weighted by atomic mass is 16.7. The molecule has 1 aliphatic heterocycles. The molecule has 6 nitrogen and oxygen atoms in total. The van der Waals surface area contributed by atoms with Crippen LogP contribution in [0.3, 0.4) is 0 Å². The fourth-order valence-corrected chi connectivity index (χ4v) is 1.48. The first-order valence-corrected chi connectivity index (χ1v) is 4.59. The summed E-state index contributed by atoms with van der Waals surface area (Å²) in [4.78, 5) is 21.5. The van der Waals surface area contributed by atoms with Crippen molar-refractivity contribution in [1.82, 2.24) is 0 Å². The number of aliphatic hydroxyl groups excluding tert-OH is 1. The van der Waals surface area contributed by atoms with Crippen LogP contribution < -0.4 is 0 Å². The Morgan fingerprint density at radius 2 is 1.60 bits per heavy atom. The third-order valence-electron chi connectivity index (χ3n) is 2.03. The Labute approximate surface area is 87.1 Å². The van der Waals surface area contributed by atoms with Crippen LogP contribution in [-0.2, 0) is 23.8 Å². The molecule has 0 spiro atoms. The van der Waals surface area contributed by atoms with Gasteiger partial charge in [0.25, 0.3) is 0 Å². The topological polar surface area (TPSA) is 82.1 Å². The van der Waals surface area contributed by atoms with Crippen molar-refractivity contribution in [2.24, 2.45) is 0 Å². The Balaban J connectivity index is 2.70. The van der Waals surface area contributed by atoms with Crippen LogP contribution in [0.2, 0.25) is 0 Å². The summed E-state index contributed by atoms with van der Waals surface area (Å²) >= 11 is 0. The molecule has 1 N–H and O–H groups in total. The van der Waals surface area contributed by atoms with Crippen molar-refractivity contribution in [3.63, 3.8) is 0 Å². The number of carbonyl (C=O) groups is 2. The average Bonchev–Trinajstić information content (AvgIpc) is 2.30. The van der Waals surface area contributed by atoms with Gasteiger partial charge in [-0.1, -0.05) is 0 Å². The Morgan fingerprint density at radius 1 is 1.13 bits per heavy atom. The maximum Gasteiger partial charge on any atom is 0.303 e. The summed E-state index contributed by atoms with van der Waals surface area (Å²) in [6.07, 6.45) is -3.48. The summed E-state index contributed by atoms with van der Waals surface area (Å²) in [6, 6.07) is 0. The van der Waals surface area contributed by atoms with Crippen LogP contribution in [0.25, 0.3) is 0 Å². The van der Waals surface area contributed by atoms with Gasteiger partial charge in [0.1, 0.15) is 0 Å². The summed E-state index contributed by atoms with van der Waals surface area (Å²) in [5.74, 6) is -1.07. The Bertz CT molecular complexity index is 237. The fourth-order valence-electron chi connectivity index (χ4n) is 1.48. The van der Waals surface area contributed by atoms with E-state index in [0.29, 0.717) is 0 Å². The van der Waals surface area contributed by atoms with Crippen molar-refractivity contribution in [2.45, 2.75) is 45.4 Å². The highest BCUT2D eigenvalue weighted by Crippen LogP contribution is 2.25. The molecule has 4 atom stereocenters. The van der Waals surface area contributed by atoms with Gasteiger partial charge in [-0.05, 0) is 6.92 Å². The van der Waals surface area contributed by atoms with Crippen LogP contribution >= 0.6 is 0 Å². The van der Waals surface area contributed by atoms with E-state index in [1.807, 2.05) is 0 Å². The largest absolute Gasteiger partial charge is 0.456 e. The second-order valence-electron chi connectivity index (χ2n) is 3.38.